The van der Waals surface area contributed by atoms with Crippen molar-refractivity contribution in [1.82, 2.24) is 35.1 Å². The molecule has 0 aliphatic heterocycles. The van der Waals surface area contributed by atoms with Gasteiger partial charge in [-0.3, -0.25) is 0 Å². The summed E-state index contributed by atoms with van der Waals surface area (Å²) in [5.41, 5.74) is 1.91. The molecule has 0 saturated heterocycles. The number of aromatic nitrogens is 6. The predicted molar refractivity (Wildman–Crippen MR) is 111 cm³/mol. The van der Waals surface area contributed by atoms with Crippen LogP contribution in [0.15, 0.2) is 67.3 Å². The van der Waals surface area contributed by atoms with E-state index in [4.69, 9.17) is 9.47 Å². The van der Waals surface area contributed by atoms with Crippen molar-refractivity contribution >= 4 is 0 Å². The van der Waals surface area contributed by atoms with Crippen LogP contribution in [0.5, 0.6) is 17.5 Å². The molecular formula is C21H23N7O2. The average molecular weight is 405 g/mol. The Morgan fingerprint density at radius 3 is 2.77 bits per heavy atom. The Balaban J connectivity index is 1.37. The van der Waals surface area contributed by atoms with Crippen molar-refractivity contribution in [3.63, 3.8) is 0 Å². The molecule has 4 rings (SSSR count). The van der Waals surface area contributed by atoms with Crippen molar-refractivity contribution in [3.05, 3.63) is 72.8 Å². The number of hydrogen-bond acceptors (Lipinski definition) is 7. The van der Waals surface area contributed by atoms with Gasteiger partial charge in [-0.2, -0.15) is 4.68 Å². The fourth-order valence-corrected chi connectivity index (χ4v) is 3.02. The summed E-state index contributed by atoms with van der Waals surface area (Å²) in [5, 5.41) is 15.2. The minimum atomic E-state index is 0.268. The van der Waals surface area contributed by atoms with E-state index in [-0.39, 0.29) is 6.01 Å². The van der Waals surface area contributed by atoms with Crippen LogP contribution in [-0.4, -0.2) is 43.4 Å². The fourth-order valence-electron chi connectivity index (χ4n) is 3.02. The summed E-state index contributed by atoms with van der Waals surface area (Å²) in [6.07, 6.45) is 6.62. The molecule has 154 valence electrons. The maximum absolute atomic E-state index is 5.94. The summed E-state index contributed by atoms with van der Waals surface area (Å²) < 4.78 is 15.1. The number of hydrogen-bond donors (Lipinski definition) is 1. The zero-order valence-corrected chi connectivity index (χ0v) is 16.7. The predicted octanol–water partition coefficient (Wildman–Crippen LogP) is 2.84. The van der Waals surface area contributed by atoms with E-state index in [0.29, 0.717) is 11.5 Å². The van der Waals surface area contributed by atoms with Gasteiger partial charge in [-0.15, -0.1) is 0 Å². The summed E-state index contributed by atoms with van der Waals surface area (Å²) >= 11 is 0. The largest absolute Gasteiger partial charge is 0.493 e. The second-order valence-electron chi connectivity index (χ2n) is 6.63. The molecule has 1 N–H and O–H groups in total. The first-order chi connectivity index (χ1) is 14.8. The lowest BCUT2D eigenvalue weighted by Crippen LogP contribution is -2.16. The third kappa shape index (κ3) is 4.81. The Morgan fingerprint density at radius 2 is 1.97 bits per heavy atom. The first-order valence-electron chi connectivity index (χ1n) is 9.68. The highest BCUT2D eigenvalue weighted by Gasteiger charge is 2.14. The highest BCUT2D eigenvalue weighted by molar-refractivity contribution is 5.44. The van der Waals surface area contributed by atoms with Crippen LogP contribution in [0.1, 0.15) is 12.0 Å². The molecule has 2 aromatic heterocycles. The van der Waals surface area contributed by atoms with E-state index in [1.807, 2.05) is 61.1 Å². The molecule has 0 spiro atoms. The van der Waals surface area contributed by atoms with Gasteiger partial charge in [0.25, 0.3) is 0 Å². The first-order valence-corrected chi connectivity index (χ1v) is 9.68. The van der Waals surface area contributed by atoms with Crippen molar-refractivity contribution in [2.45, 2.75) is 19.5 Å². The number of benzene rings is 2. The van der Waals surface area contributed by atoms with Crippen molar-refractivity contribution < 1.29 is 9.47 Å². The molecule has 30 heavy (non-hydrogen) atoms. The lowest BCUT2D eigenvalue weighted by Gasteiger charge is -2.12. The molecule has 0 saturated carbocycles. The quantitative estimate of drug-likeness (QED) is 0.406. The molecule has 0 aliphatic rings. The number of rotatable bonds is 10. The first kappa shape index (κ1) is 19.6. The van der Waals surface area contributed by atoms with Gasteiger partial charge in [-0.05, 0) is 53.2 Å². The second-order valence-corrected chi connectivity index (χ2v) is 6.63. The van der Waals surface area contributed by atoms with Gasteiger partial charge < -0.3 is 19.4 Å². The summed E-state index contributed by atoms with van der Waals surface area (Å²) in [4.78, 5) is 4.05. The van der Waals surface area contributed by atoms with E-state index in [1.165, 1.54) is 4.68 Å². The lowest BCUT2D eigenvalue weighted by atomic mass is 10.2. The van der Waals surface area contributed by atoms with Gasteiger partial charge in [0.15, 0.2) is 11.5 Å². The number of nitrogens with one attached hydrogen (secondary N) is 1. The van der Waals surface area contributed by atoms with Crippen molar-refractivity contribution in [3.8, 4) is 23.2 Å². The van der Waals surface area contributed by atoms with Gasteiger partial charge in [0.2, 0.25) is 0 Å². The zero-order chi connectivity index (χ0) is 20.6. The number of imidazole rings is 1. The van der Waals surface area contributed by atoms with Crippen molar-refractivity contribution in [2.24, 2.45) is 0 Å². The third-order valence-electron chi connectivity index (χ3n) is 4.53. The molecule has 2 aromatic carbocycles. The summed E-state index contributed by atoms with van der Waals surface area (Å²) in [6.45, 7) is 2.59. The Hall–Kier alpha value is -3.72. The molecule has 0 amide bonds. The van der Waals surface area contributed by atoms with Gasteiger partial charge in [-0.1, -0.05) is 29.4 Å². The molecule has 0 bridgehead atoms. The second kappa shape index (κ2) is 9.66. The molecule has 0 radical (unpaired) electrons. The number of aryl methyl sites for hydroxylation is 1. The number of para-hydroxylation sites is 1. The van der Waals surface area contributed by atoms with Crippen LogP contribution in [0.25, 0.3) is 5.69 Å². The number of methoxy groups -OCH3 is 1. The van der Waals surface area contributed by atoms with Gasteiger partial charge in [0.1, 0.15) is 0 Å². The highest BCUT2D eigenvalue weighted by Crippen LogP contribution is 2.32. The van der Waals surface area contributed by atoms with E-state index in [0.717, 1.165) is 37.3 Å². The third-order valence-corrected chi connectivity index (χ3v) is 4.53. The Bertz CT molecular complexity index is 1050. The van der Waals surface area contributed by atoms with Gasteiger partial charge in [0.05, 0.1) is 19.1 Å². The molecule has 0 atom stereocenters. The van der Waals surface area contributed by atoms with Crippen LogP contribution < -0.4 is 14.8 Å². The Kier molecular flexibility index (Phi) is 6.31. The Morgan fingerprint density at radius 1 is 1.07 bits per heavy atom. The monoisotopic (exact) mass is 405 g/mol. The molecule has 2 heterocycles. The standard InChI is InChI=1S/C21H23N7O2/c1-29-20-14-17(15-22-10-5-12-27-13-11-23-16-27)8-9-19(20)30-21-24-25-26-28(21)18-6-3-2-4-7-18/h2-4,6-9,11,13-14,16,22H,5,10,12,15H2,1H3. The smallest absolute Gasteiger partial charge is 0.346 e. The van der Waals surface area contributed by atoms with Gasteiger partial charge in [-0.25, -0.2) is 4.98 Å². The van der Waals surface area contributed by atoms with Crippen LogP contribution in [0.4, 0.5) is 0 Å². The summed E-state index contributed by atoms with van der Waals surface area (Å²) in [7, 11) is 1.62. The van der Waals surface area contributed by atoms with E-state index < -0.39 is 0 Å². The van der Waals surface area contributed by atoms with Crippen LogP contribution in [0.2, 0.25) is 0 Å². The maximum atomic E-state index is 5.94. The molecule has 9 heteroatoms. The van der Waals surface area contributed by atoms with Crippen molar-refractivity contribution in [2.75, 3.05) is 13.7 Å². The SMILES string of the molecule is COc1cc(CNCCCn2ccnc2)ccc1Oc1nnnn1-c1ccccc1. The molecule has 4 aromatic rings. The van der Waals surface area contributed by atoms with Gasteiger partial charge in [0, 0.05) is 25.5 Å². The van der Waals surface area contributed by atoms with Crippen LogP contribution in [0.3, 0.4) is 0 Å². The average Bonchev–Trinajstić information content (AvgIpc) is 3.47. The maximum Gasteiger partial charge on any atom is 0.346 e. The normalized spacial score (nSPS) is 10.8. The summed E-state index contributed by atoms with van der Waals surface area (Å²) in [6, 6.07) is 15.7. The van der Waals surface area contributed by atoms with Crippen LogP contribution >= 0.6 is 0 Å². The lowest BCUT2D eigenvalue weighted by molar-refractivity contribution is 0.362. The van der Waals surface area contributed by atoms with Crippen LogP contribution in [0, 0.1) is 0 Å². The molecular weight excluding hydrogens is 382 g/mol. The van der Waals surface area contributed by atoms with E-state index in [2.05, 4.69) is 30.4 Å². The molecule has 0 unspecified atom stereocenters. The fraction of sp³-hybridized carbons (Fsp3) is 0.238. The van der Waals surface area contributed by atoms with E-state index in [1.54, 1.807) is 13.3 Å². The molecule has 9 nitrogen and oxygen atoms in total. The van der Waals surface area contributed by atoms with Gasteiger partial charge >= 0.3 is 6.01 Å². The van der Waals surface area contributed by atoms with Crippen molar-refractivity contribution in [1.29, 1.82) is 0 Å². The zero-order valence-electron chi connectivity index (χ0n) is 16.7. The van der Waals surface area contributed by atoms with E-state index in [9.17, 15) is 0 Å². The molecule has 0 fully saturated rings. The molecule has 0 aliphatic carbocycles. The number of nitrogens with zero attached hydrogens (tertiary/aromatic N) is 6. The topological polar surface area (TPSA) is 91.9 Å². The minimum absolute atomic E-state index is 0.268. The highest BCUT2D eigenvalue weighted by atomic mass is 16.5. The Labute approximate surface area is 174 Å². The number of tetrazole rings is 1. The number of ether oxygens (including phenoxy) is 2. The van der Waals surface area contributed by atoms with E-state index >= 15 is 0 Å². The van der Waals surface area contributed by atoms with Crippen LogP contribution in [-0.2, 0) is 13.1 Å². The summed E-state index contributed by atoms with van der Waals surface area (Å²) in [5.74, 6) is 1.17. The minimum Gasteiger partial charge on any atom is -0.493 e.